The highest BCUT2D eigenvalue weighted by Gasteiger charge is 2.06. The molecule has 0 fully saturated rings. The fourth-order valence-electron chi connectivity index (χ4n) is 2.12. The smallest absolute Gasteiger partial charge is 0.142 e. The molecule has 1 N–H and O–H groups in total. The van der Waals surface area contributed by atoms with Crippen LogP contribution >= 0.6 is 0 Å². The van der Waals surface area contributed by atoms with Gasteiger partial charge in [0.1, 0.15) is 11.6 Å². The second kappa shape index (κ2) is 7.72. The molecule has 4 nitrogen and oxygen atoms in total. The Morgan fingerprint density at radius 2 is 2.10 bits per heavy atom. The summed E-state index contributed by atoms with van der Waals surface area (Å²) in [5.74, 6) is 2.47. The number of anilines is 1. The SMILES string of the molecule is CCCn1ccnc1CNc1ccccc1OCC(C)C. The Kier molecular flexibility index (Phi) is 5.67. The first-order chi connectivity index (χ1) is 10.2. The van der Waals surface area contributed by atoms with Crippen LogP contribution in [0.2, 0.25) is 0 Å². The van der Waals surface area contributed by atoms with Crippen LogP contribution in [0.3, 0.4) is 0 Å². The van der Waals surface area contributed by atoms with Gasteiger partial charge in [0, 0.05) is 18.9 Å². The molecule has 0 saturated carbocycles. The topological polar surface area (TPSA) is 39.1 Å². The van der Waals surface area contributed by atoms with Crippen molar-refractivity contribution in [1.29, 1.82) is 0 Å². The average molecular weight is 287 g/mol. The number of hydrogen-bond acceptors (Lipinski definition) is 3. The number of rotatable bonds is 8. The van der Waals surface area contributed by atoms with Crippen LogP contribution in [0, 0.1) is 5.92 Å². The van der Waals surface area contributed by atoms with Crippen molar-refractivity contribution in [2.75, 3.05) is 11.9 Å². The Morgan fingerprint density at radius 1 is 1.29 bits per heavy atom. The van der Waals surface area contributed by atoms with E-state index in [4.69, 9.17) is 4.74 Å². The van der Waals surface area contributed by atoms with Crippen molar-refractivity contribution < 1.29 is 4.74 Å². The van der Waals surface area contributed by atoms with Gasteiger partial charge in [0.15, 0.2) is 0 Å². The van der Waals surface area contributed by atoms with E-state index in [0.717, 1.165) is 36.8 Å². The summed E-state index contributed by atoms with van der Waals surface area (Å²) in [6.07, 6.45) is 4.99. The Labute approximate surface area is 127 Å². The number of imidazole rings is 1. The van der Waals surface area contributed by atoms with E-state index in [2.05, 4.69) is 35.6 Å². The lowest BCUT2D eigenvalue weighted by Crippen LogP contribution is -2.10. The van der Waals surface area contributed by atoms with E-state index in [9.17, 15) is 0 Å². The fraction of sp³-hybridized carbons (Fsp3) is 0.471. The Hall–Kier alpha value is -1.97. The first kappa shape index (κ1) is 15.4. The summed E-state index contributed by atoms with van der Waals surface area (Å²) in [7, 11) is 0. The maximum atomic E-state index is 5.86. The number of benzene rings is 1. The third-order valence-electron chi connectivity index (χ3n) is 3.16. The fourth-order valence-corrected chi connectivity index (χ4v) is 2.12. The number of para-hydroxylation sites is 2. The van der Waals surface area contributed by atoms with Crippen molar-refractivity contribution in [2.24, 2.45) is 5.92 Å². The van der Waals surface area contributed by atoms with Crippen molar-refractivity contribution in [2.45, 2.75) is 40.3 Å². The van der Waals surface area contributed by atoms with E-state index in [1.165, 1.54) is 0 Å². The second-order valence-corrected chi connectivity index (χ2v) is 5.59. The second-order valence-electron chi connectivity index (χ2n) is 5.59. The van der Waals surface area contributed by atoms with E-state index in [1.54, 1.807) is 0 Å². The van der Waals surface area contributed by atoms with Gasteiger partial charge in [-0.1, -0.05) is 32.9 Å². The van der Waals surface area contributed by atoms with Crippen LogP contribution in [0.4, 0.5) is 5.69 Å². The predicted octanol–water partition coefficient (Wildman–Crippen LogP) is 3.94. The van der Waals surface area contributed by atoms with Crippen LogP contribution in [0.5, 0.6) is 5.75 Å². The van der Waals surface area contributed by atoms with Gasteiger partial charge in [-0.3, -0.25) is 0 Å². The molecule has 0 aliphatic carbocycles. The number of hydrogen-bond donors (Lipinski definition) is 1. The van der Waals surface area contributed by atoms with Crippen LogP contribution in [0.25, 0.3) is 0 Å². The Balaban J connectivity index is 2.00. The molecular weight excluding hydrogens is 262 g/mol. The molecule has 2 aromatic rings. The van der Waals surface area contributed by atoms with Gasteiger partial charge in [-0.25, -0.2) is 4.98 Å². The lowest BCUT2D eigenvalue weighted by atomic mass is 10.2. The van der Waals surface area contributed by atoms with Gasteiger partial charge < -0.3 is 14.6 Å². The zero-order valence-electron chi connectivity index (χ0n) is 13.2. The first-order valence-corrected chi connectivity index (χ1v) is 7.66. The zero-order chi connectivity index (χ0) is 15.1. The van der Waals surface area contributed by atoms with Crippen LogP contribution in [0.15, 0.2) is 36.7 Å². The van der Waals surface area contributed by atoms with Gasteiger partial charge in [-0.05, 0) is 24.5 Å². The molecule has 1 aromatic heterocycles. The lowest BCUT2D eigenvalue weighted by Gasteiger charge is -2.14. The Morgan fingerprint density at radius 3 is 2.86 bits per heavy atom. The first-order valence-electron chi connectivity index (χ1n) is 7.66. The highest BCUT2D eigenvalue weighted by atomic mass is 16.5. The molecule has 2 rings (SSSR count). The molecule has 0 spiro atoms. The van der Waals surface area contributed by atoms with Crippen LogP contribution in [-0.4, -0.2) is 16.2 Å². The minimum absolute atomic E-state index is 0.515. The summed E-state index contributed by atoms with van der Waals surface area (Å²) < 4.78 is 8.04. The predicted molar refractivity (Wildman–Crippen MR) is 86.6 cm³/mol. The molecular formula is C17H25N3O. The summed E-state index contributed by atoms with van der Waals surface area (Å²) in [5.41, 5.74) is 1.02. The molecule has 0 amide bonds. The molecule has 4 heteroatoms. The minimum Gasteiger partial charge on any atom is -0.491 e. The summed E-state index contributed by atoms with van der Waals surface area (Å²) in [6, 6.07) is 8.06. The van der Waals surface area contributed by atoms with Crippen LogP contribution in [0.1, 0.15) is 33.0 Å². The summed E-state index contributed by atoms with van der Waals surface area (Å²) in [4.78, 5) is 4.41. The molecule has 0 aliphatic rings. The number of ether oxygens (including phenoxy) is 1. The number of aromatic nitrogens is 2. The monoisotopic (exact) mass is 287 g/mol. The third kappa shape index (κ3) is 4.52. The summed E-state index contributed by atoms with van der Waals surface area (Å²) in [5, 5.41) is 3.43. The van der Waals surface area contributed by atoms with Gasteiger partial charge in [0.25, 0.3) is 0 Å². The molecule has 0 bridgehead atoms. The quantitative estimate of drug-likeness (QED) is 0.799. The molecule has 0 saturated heterocycles. The van der Waals surface area contributed by atoms with E-state index in [1.807, 2.05) is 36.7 Å². The molecule has 0 unspecified atom stereocenters. The summed E-state index contributed by atoms with van der Waals surface area (Å²) in [6.45, 7) is 8.90. The van der Waals surface area contributed by atoms with Gasteiger partial charge in [-0.2, -0.15) is 0 Å². The standard InChI is InChI=1S/C17H25N3O/c1-4-10-20-11-9-18-17(20)12-19-15-7-5-6-8-16(15)21-13-14(2)3/h5-9,11,14,19H,4,10,12-13H2,1-3H3. The van der Waals surface area contributed by atoms with Crippen molar-refractivity contribution in [3.8, 4) is 5.75 Å². The van der Waals surface area contributed by atoms with Crippen molar-refractivity contribution in [3.05, 3.63) is 42.5 Å². The van der Waals surface area contributed by atoms with Crippen molar-refractivity contribution in [3.63, 3.8) is 0 Å². The van der Waals surface area contributed by atoms with Gasteiger partial charge >= 0.3 is 0 Å². The van der Waals surface area contributed by atoms with Gasteiger partial charge in [-0.15, -0.1) is 0 Å². The number of aryl methyl sites for hydroxylation is 1. The van der Waals surface area contributed by atoms with Crippen LogP contribution < -0.4 is 10.1 Å². The van der Waals surface area contributed by atoms with E-state index in [-0.39, 0.29) is 0 Å². The molecule has 1 aromatic carbocycles. The molecule has 1 heterocycles. The van der Waals surface area contributed by atoms with Crippen molar-refractivity contribution in [1.82, 2.24) is 9.55 Å². The molecule has 0 radical (unpaired) electrons. The maximum absolute atomic E-state index is 5.86. The van der Waals surface area contributed by atoms with Crippen LogP contribution in [-0.2, 0) is 13.1 Å². The highest BCUT2D eigenvalue weighted by Crippen LogP contribution is 2.24. The lowest BCUT2D eigenvalue weighted by molar-refractivity contribution is 0.272. The highest BCUT2D eigenvalue weighted by molar-refractivity contribution is 5.56. The minimum atomic E-state index is 0.515. The molecule has 21 heavy (non-hydrogen) atoms. The van der Waals surface area contributed by atoms with E-state index < -0.39 is 0 Å². The van der Waals surface area contributed by atoms with Crippen molar-refractivity contribution >= 4 is 5.69 Å². The zero-order valence-corrected chi connectivity index (χ0v) is 13.2. The van der Waals surface area contributed by atoms with E-state index >= 15 is 0 Å². The molecule has 0 aliphatic heterocycles. The Bertz CT molecular complexity index is 548. The molecule has 114 valence electrons. The largest absolute Gasteiger partial charge is 0.491 e. The normalized spacial score (nSPS) is 10.9. The number of nitrogens with zero attached hydrogens (tertiary/aromatic N) is 2. The maximum Gasteiger partial charge on any atom is 0.142 e. The van der Waals surface area contributed by atoms with E-state index in [0.29, 0.717) is 12.5 Å². The van der Waals surface area contributed by atoms with Gasteiger partial charge in [0.2, 0.25) is 0 Å². The summed E-state index contributed by atoms with van der Waals surface area (Å²) >= 11 is 0. The van der Waals surface area contributed by atoms with Gasteiger partial charge in [0.05, 0.1) is 18.8 Å². The number of nitrogens with one attached hydrogen (secondary N) is 1. The average Bonchev–Trinajstić information content (AvgIpc) is 2.91. The molecule has 0 atom stereocenters. The third-order valence-corrected chi connectivity index (χ3v) is 3.16.